The molecule has 0 spiro atoms. The fourth-order valence-electron chi connectivity index (χ4n) is 2.26. The Hall–Kier alpha value is -1.86. The van der Waals surface area contributed by atoms with Gasteiger partial charge in [-0.25, -0.2) is 0 Å². The van der Waals surface area contributed by atoms with Crippen molar-refractivity contribution in [3.63, 3.8) is 0 Å². The molecule has 0 bridgehead atoms. The van der Waals surface area contributed by atoms with Crippen LogP contribution >= 0.6 is 0 Å². The normalized spacial score (nSPS) is 12.2. The molecular formula is C17H25N3O. The molecule has 0 aliphatic rings. The zero-order chi connectivity index (χ0) is 15.8. The first-order valence-electron chi connectivity index (χ1n) is 7.43. The van der Waals surface area contributed by atoms with E-state index in [1.165, 1.54) is 0 Å². The van der Waals surface area contributed by atoms with Crippen LogP contribution in [0.5, 0.6) is 0 Å². The van der Waals surface area contributed by atoms with Gasteiger partial charge in [0, 0.05) is 19.0 Å². The number of nitrogens with one attached hydrogen (secondary N) is 1. The minimum atomic E-state index is -0.0544. The highest BCUT2D eigenvalue weighted by Crippen LogP contribution is 2.14. The van der Waals surface area contributed by atoms with Crippen LogP contribution in [0.4, 0.5) is 5.69 Å². The molecule has 1 aromatic rings. The number of nitrogens with zero attached hydrogens (tertiary/aromatic N) is 2. The van der Waals surface area contributed by atoms with E-state index in [0.717, 1.165) is 6.42 Å². The molecule has 1 aromatic carbocycles. The molecule has 1 amide bonds. The van der Waals surface area contributed by atoms with E-state index in [1.807, 2.05) is 13.1 Å². The summed E-state index contributed by atoms with van der Waals surface area (Å²) in [4.78, 5) is 14.2. The Morgan fingerprint density at radius 1 is 1.33 bits per heavy atom. The number of carbonyl (C=O) groups excluding carboxylic acids is 1. The zero-order valence-corrected chi connectivity index (χ0v) is 13.4. The van der Waals surface area contributed by atoms with Crippen LogP contribution in [0, 0.1) is 17.2 Å². The molecule has 1 rings (SSSR count). The number of para-hydroxylation sites is 1. The molecule has 1 atom stereocenters. The lowest BCUT2D eigenvalue weighted by atomic mass is 10.0. The van der Waals surface area contributed by atoms with E-state index < -0.39 is 0 Å². The summed E-state index contributed by atoms with van der Waals surface area (Å²) in [5.41, 5.74) is 1.08. The van der Waals surface area contributed by atoms with Crippen molar-refractivity contribution in [3.05, 3.63) is 29.8 Å². The smallest absolute Gasteiger partial charge is 0.225 e. The van der Waals surface area contributed by atoms with Crippen LogP contribution in [0.3, 0.4) is 0 Å². The van der Waals surface area contributed by atoms with Crippen molar-refractivity contribution in [2.75, 3.05) is 18.9 Å². The predicted octanol–water partition coefficient (Wildman–Crippen LogP) is 3.25. The fourth-order valence-corrected chi connectivity index (χ4v) is 2.26. The second kappa shape index (κ2) is 8.43. The summed E-state index contributed by atoms with van der Waals surface area (Å²) in [6, 6.07) is 9.60. The topological polar surface area (TPSA) is 56.1 Å². The SMILES string of the molecule is CC(C)C[C@@H](C)N(C)CCC(=O)Nc1ccccc1C#N. The lowest BCUT2D eigenvalue weighted by Crippen LogP contribution is -2.33. The number of carbonyl (C=O) groups is 1. The largest absolute Gasteiger partial charge is 0.325 e. The maximum absolute atomic E-state index is 12.0. The lowest BCUT2D eigenvalue weighted by molar-refractivity contribution is -0.116. The fraction of sp³-hybridized carbons (Fsp3) is 0.529. The maximum Gasteiger partial charge on any atom is 0.225 e. The van der Waals surface area contributed by atoms with E-state index in [4.69, 9.17) is 5.26 Å². The minimum absolute atomic E-state index is 0.0544. The van der Waals surface area contributed by atoms with Gasteiger partial charge in [0.05, 0.1) is 11.3 Å². The Morgan fingerprint density at radius 3 is 2.62 bits per heavy atom. The van der Waals surface area contributed by atoms with Crippen LogP contribution < -0.4 is 5.32 Å². The van der Waals surface area contributed by atoms with Gasteiger partial charge in [0.15, 0.2) is 0 Å². The van der Waals surface area contributed by atoms with Crippen LogP contribution in [0.2, 0.25) is 0 Å². The molecule has 0 unspecified atom stereocenters. The van der Waals surface area contributed by atoms with Crippen LogP contribution in [-0.2, 0) is 4.79 Å². The van der Waals surface area contributed by atoms with Gasteiger partial charge in [0.1, 0.15) is 6.07 Å². The molecule has 0 aliphatic heterocycles. The first-order chi connectivity index (χ1) is 9.93. The summed E-state index contributed by atoms with van der Waals surface area (Å²) in [6.07, 6.45) is 1.55. The number of hydrogen-bond acceptors (Lipinski definition) is 3. The second-order valence-electron chi connectivity index (χ2n) is 5.91. The number of rotatable bonds is 7. The van der Waals surface area contributed by atoms with E-state index >= 15 is 0 Å². The van der Waals surface area contributed by atoms with Crippen molar-refractivity contribution < 1.29 is 4.79 Å². The average Bonchev–Trinajstić information content (AvgIpc) is 2.44. The monoisotopic (exact) mass is 287 g/mol. The summed E-state index contributed by atoms with van der Waals surface area (Å²) < 4.78 is 0. The molecule has 0 aromatic heterocycles. The van der Waals surface area contributed by atoms with Gasteiger partial charge in [-0.1, -0.05) is 26.0 Å². The van der Waals surface area contributed by atoms with Crippen molar-refractivity contribution >= 4 is 11.6 Å². The number of hydrogen-bond donors (Lipinski definition) is 1. The first-order valence-corrected chi connectivity index (χ1v) is 7.43. The highest BCUT2D eigenvalue weighted by molar-refractivity contribution is 5.92. The molecule has 4 heteroatoms. The van der Waals surface area contributed by atoms with Gasteiger partial charge >= 0.3 is 0 Å². The standard InChI is InChI=1S/C17H25N3O/c1-13(2)11-14(3)20(4)10-9-17(21)19-16-8-6-5-7-15(16)12-18/h5-8,13-14H,9-11H2,1-4H3,(H,19,21)/t14-/m1/s1. The van der Waals surface area contributed by atoms with E-state index in [0.29, 0.717) is 36.2 Å². The van der Waals surface area contributed by atoms with Crippen LogP contribution in [0.1, 0.15) is 39.2 Å². The molecule has 1 N–H and O–H groups in total. The molecular weight excluding hydrogens is 262 g/mol. The third kappa shape index (κ3) is 5.97. The third-order valence-electron chi connectivity index (χ3n) is 3.58. The van der Waals surface area contributed by atoms with Gasteiger partial charge in [0.25, 0.3) is 0 Å². The Kier molecular flexibility index (Phi) is 6.90. The van der Waals surface area contributed by atoms with Gasteiger partial charge in [-0.05, 0) is 38.4 Å². The summed E-state index contributed by atoms with van der Waals surface area (Å²) in [5.74, 6) is 0.597. The molecule has 0 saturated carbocycles. The zero-order valence-electron chi connectivity index (χ0n) is 13.4. The van der Waals surface area contributed by atoms with Crippen molar-refractivity contribution in [2.24, 2.45) is 5.92 Å². The molecule has 21 heavy (non-hydrogen) atoms. The Labute approximate surface area is 127 Å². The number of amides is 1. The summed E-state index contributed by atoms with van der Waals surface area (Å²) in [5, 5.41) is 11.8. The van der Waals surface area contributed by atoms with E-state index in [2.05, 4.69) is 37.1 Å². The first kappa shape index (κ1) is 17.2. The van der Waals surface area contributed by atoms with Crippen molar-refractivity contribution in [1.29, 1.82) is 5.26 Å². The van der Waals surface area contributed by atoms with Gasteiger partial charge in [-0.15, -0.1) is 0 Å². The molecule has 0 heterocycles. The van der Waals surface area contributed by atoms with Gasteiger partial charge in [-0.3, -0.25) is 4.79 Å². The Balaban J connectivity index is 2.46. The molecule has 0 fully saturated rings. The maximum atomic E-state index is 12.0. The van der Waals surface area contributed by atoms with E-state index in [1.54, 1.807) is 18.2 Å². The lowest BCUT2D eigenvalue weighted by Gasteiger charge is -2.25. The van der Waals surface area contributed by atoms with Crippen LogP contribution in [-0.4, -0.2) is 30.4 Å². The molecule has 4 nitrogen and oxygen atoms in total. The number of benzene rings is 1. The van der Waals surface area contributed by atoms with Gasteiger partial charge in [-0.2, -0.15) is 5.26 Å². The highest BCUT2D eigenvalue weighted by Gasteiger charge is 2.13. The summed E-state index contributed by atoms with van der Waals surface area (Å²) >= 11 is 0. The summed E-state index contributed by atoms with van der Waals surface area (Å²) in [7, 11) is 2.05. The predicted molar refractivity (Wildman–Crippen MR) is 86.0 cm³/mol. The van der Waals surface area contributed by atoms with Crippen LogP contribution in [0.25, 0.3) is 0 Å². The van der Waals surface area contributed by atoms with Crippen molar-refractivity contribution in [1.82, 2.24) is 4.90 Å². The average molecular weight is 287 g/mol. The quantitative estimate of drug-likeness (QED) is 0.837. The van der Waals surface area contributed by atoms with Crippen LogP contribution in [0.15, 0.2) is 24.3 Å². The molecule has 0 aliphatic carbocycles. The third-order valence-corrected chi connectivity index (χ3v) is 3.58. The number of anilines is 1. The molecule has 114 valence electrons. The van der Waals surface area contributed by atoms with Crippen molar-refractivity contribution in [2.45, 2.75) is 39.7 Å². The molecule has 0 saturated heterocycles. The molecule has 0 radical (unpaired) electrons. The van der Waals surface area contributed by atoms with E-state index in [9.17, 15) is 4.79 Å². The Morgan fingerprint density at radius 2 is 2.00 bits per heavy atom. The van der Waals surface area contributed by atoms with Crippen molar-refractivity contribution in [3.8, 4) is 6.07 Å². The summed E-state index contributed by atoms with van der Waals surface area (Å²) in [6.45, 7) is 7.31. The van der Waals surface area contributed by atoms with Gasteiger partial charge in [0.2, 0.25) is 5.91 Å². The Bertz CT molecular complexity index is 505. The van der Waals surface area contributed by atoms with E-state index in [-0.39, 0.29) is 5.91 Å². The number of nitriles is 1. The minimum Gasteiger partial charge on any atom is -0.325 e. The second-order valence-corrected chi connectivity index (χ2v) is 5.91. The van der Waals surface area contributed by atoms with Gasteiger partial charge < -0.3 is 10.2 Å². The highest BCUT2D eigenvalue weighted by atomic mass is 16.1.